The van der Waals surface area contributed by atoms with Crippen LogP contribution in [0.3, 0.4) is 0 Å². The van der Waals surface area contributed by atoms with Crippen LogP contribution in [0.4, 0.5) is 0 Å². The van der Waals surface area contributed by atoms with E-state index in [1.165, 1.54) is 43.6 Å². The number of nitrogens with zero attached hydrogens (tertiary/aromatic N) is 3. The van der Waals surface area contributed by atoms with Gasteiger partial charge < -0.3 is 9.88 Å². The lowest BCUT2D eigenvalue weighted by Crippen LogP contribution is -2.34. The summed E-state index contributed by atoms with van der Waals surface area (Å²) in [7, 11) is 0. The minimum absolute atomic E-state index is 0.531. The molecule has 0 saturated carbocycles. The van der Waals surface area contributed by atoms with Gasteiger partial charge in [0, 0.05) is 24.7 Å². The van der Waals surface area contributed by atoms with E-state index in [2.05, 4.69) is 36.7 Å². The van der Waals surface area contributed by atoms with Crippen molar-refractivity contribution in [2.24, 2.45) is 0 Å². The van der Waals surface area contributed by atoms with Crippen LogP contribution in [0.5, 0.6) is 0 Å². The first-order valence-electron chi connectivity index (χ1n) is 9.29. The molecule has 3 heterocycles. The van der Waals surface area contributed by atoms with E-state index < -0.39 is 0 Å². The Bertz CT molecular complexity index is 636. The highest BCUT2D eigenvalue weighted by Crippen LogP contribution is 2.27. The number of aryl methyl sites for hydroxylation is 2. The summed E-state index contributed by atoms with van der Waals surface area (Å²) in [5.41, 5.74) is 3.31. The van der Waals surface area contributed by atoms with Gasteiger partial charge in [0.2, 0.25) is 0 Å². The predicted octanol–water partition coefficient (Wildman–Crippen LogP) is 4.18. The van der Waals surface area contributed by atoms with Crippen molar-refractivity contribution < 1.29 is 0 Å². The van der Waals surface area contributed by atoms with Crippen LogP contribution >= 0.6 is 0 Å². The van der Waals surface area contributed by atoms with Gasteiger partial charge in [-0.3, -0.25) is 0 Å². The number of hydrogen-bond acceptors (Lipinski definition) is 3. The summed E-state index contributed by atoms with van der Waals surface area (Å²) in [6.07, 6.45) is 9.41. The molecule has 1 saturated heterocycles. The number of pyridine rings is 1. The first-order valence-corrected chi connectivity index (χ1v) is 9.29. The zero-order valence-electron chi connectivity index (χ0n) is 14.8. The molecule has 0 aliphatic carbocycles. The van der Waals surface area contributed by atoms with Crippen LogP contribution in [0.2, 0.25) is 0 Å². The predicted molar refractivity (Wildman–Crippen MR) is 95.8 cm³/mol. The fourth-order valence-electron chi connectivity index (χ4n) is 3.77. The average Bonchev–Trinajstić information content (AvgIpc) is 2.92. The third-order valence-electron chi connectivity index (χ3n) is 5.22. The van der Waals surface area contributed by atoms with Crippen LogP contribution in [0.1, 0.15) is 69.7 Å². The van der Waals surface area contributed by atoms with E-state index in [1.807, 2.05) is 6.20 Å². The second-order valence-corrected chi connectivity index (χ2v) is 6.93. The SMILES string of the molecule is CCC(CC)c1nc2cc(C)cnc2n1CCC1CCCCN1. The monoisotopic (exact) mass is 314 g/mol. The van der Waals surface area contributed by atoms with Gasteiger partial charge in [0.15, 0.2) is 5.65 Å². The summed E-state index contributed by atoms with van der Waals surface area (Å²) in [5.74, 6) is 1.77. The second-order valence-electron chi connectivity index (χ2n) is 6.93. The molecule has 2 aromatic rings. The van der Waals surface area contributed by atoms with E-state index >= 15 is 0 Å². The van der Waals surface area contributed by atoms with E-state index in [0.29, 0.717) is 12.0 Å². The lowest BCUT2D eigenvalue weighted by molar-refractivity contribution is 0.364. The topological polar surface area (TPSA) is 42.7 Å². The summed E-state index contributed by atoms with van der Waals surface area (Å²) in [4.78, 5) is 9.66. The Balaban J connectivity index is 1.89. The van der Waals surface area contributed by atoms with Crippen molar-refractivity contribution in [1.29, 1.82) is 0 Å². The normalized spacial score (nSPS) is 18.9. The lowest BCUT2D eigenvalue weighted by atomic mass is 10.0. The number of nitrogens with one attached hydrogen (secondary N) is 1. The largest absolute Gasteiger partial charge is 0.314 e. The molecule has 0 radical (unpaired) electrons. The molecule has 1 unspecified atom stereocenters. The first kappa shape index (κ1) is 16.4. The molecule has 23 heavy (non-hydrogen) atoms. The average molecular weight is 314 g/mol. The third kappa shape index (κ3) is 3.57. The maximum absolute atomic E-state index is 4.96. The van der Waals surface area contributed by atoms with Gasteiger partial charge in [0.1, 0.15) is 11.3 Å². The quantitative estimate of drug-likeness (QED) is 0.870. The molecule has 1 N–H and O–H groups in total. The maximum Gasteiger partial charge on any atom is 0.160 e. The van der Waals surface area contributed by atoms with Gasteiger partial charge in [-0.15, -0.1) is 0 Å². The van der Waals surface area contributed by atoms with E-state index in [4.69, 9.17) is 9.97 Å². The van der Waals surface area contributed by atoms with Gasteiger partial charge in [-0.2, -0.15) is 0 Å². The Labute approximate surface area is 139 Å². The Morgan fingerprint density at radius 3 is 2.83 bits per heavy atom. The Kier molecular flexibility index (Phi) is 5.31. The highest BCUT2D eigenvalue weighted by atomic mass is 15.1. The van der Waals surface area contributed by atoms with Crippen molar-refractivity contribution in [2.45, 2.75) is 77.8 Å². The second kappa shape index (κ2) is 7.43. The van der Waals surface area contributed by atoms with Crippen molar-refractivity contribution in [3.8, 4) is 0 Å². The molecular formula is C19H30N4. The molecule has 0 amide bonds. The Hall–Kier alpha value is -1.42. The Morgan fingerprint density at radius 2 is 2.13 bits per heavy atom. The van der Waals surface area contributed by atoms with Gasteiger partial charge in [0.05, 0.1) is 0 Å². The van der Waals surface area contributed by atoms with Crippen molar-refractivity contribution >= 4 is 11.2 Å². The highest BCUT2D eigenvalue weighted by Gasteiger charge is 2.20. The summed E-state index contributed by atoms with van der Waals surface area (Å²) in [6, 6.07) is 2.82. The number of imidazole rings is 1. The number of rotatable bonds is 6. The van der Waals surface area contributed by atoms with E-state index in [9.17, 15) is 0 Å². The fraction of sp³-hybridized carbons (Fsp3) is 0.684. The lowest BCUT2D eigenvalue weighted by Gasteiger charge is -2.24. The molecule has 0 bridgehead atoms. The van der Waals surface area contributed by atoms with Gasteiger partial charge >= 0.3 is 0 Å². The fourth-order valence-corrected chi connectivity index (χ4v) is 3.77. The van der Waals surface area contributed by atoms with Crippen molar-refractivity contribution in [2.75, 3.05) is 6.54 Å². The van der Waals surface area contributed by atoms with Crippen LogP contribution in [-0.4, -0.2) is 27.1 Å². The minimum Gasteiger partial charge on any atom is -0.314 e. The maximum atomic E-state index is 4.96. The molecule has 3 rings (SSSR count). The summed E-state index contributed by atoms with van der Waals surface area (Å²) < 4.78 is 2.39. The Morgan fingerprint density at radius 1 is 1.30 bits per heavy atom. The molecule has 1 fully saturated rings. The summed E-state index contributed by atoms with van der Waals surface area (Å²) in [5, 5.41) is 3.66. The van der Waals surface area contributed by atoms with E-state index in [-0.39, 0.29) is 0 Å². The van der Waals surface area contributed by atoms with Crippen LogP contribution in [0.25, 0.3) is 11.2 Å². The van der Waals surface area contributed by atoms with E-state index in [1.54, 1.807) is 0 Å². The standard InChI is InChI=1S/C19H30N4/c1-4-15(5-2)18-22-17-12-14(3)13-21-19(17)23(18)11-9-16-8-6-7-10-20-16/h12-13,15-16,20H,4-11H2,1-3H3. The molecule has 0 aromatic carbocycles. The minimum atomic E-state index is 0.531. The zero-order chi connectivity index (χ0) is 16.2. The van der Waals surface area contributed by atoms with Crippen LogP contribution < -0.4 is 5.32 Å². The van der Waals surface area contributed by atoms with Crippen molar-refractivity contribution in [3.05, 3.63) is 23.7 Å². The number of aromatic nitrogens is 3. The first-order chi connectivity index (χ1) is 11.2. The van der Waals surface area contributed by atoms with Gasteiger partial charge in [-0.05, 0) is 57.2 Å². The number of fused-ring (bicyclic) bond motifs is 1. The van der Waals surface area contributed by atoms with Gasteiger partial charge in [0.25, 0.3) is 0 Å². The number of piperidine rings is 1. The molecular weight excluding hydrogens is 284 g/mol. The molecule has 0 spiro atoms. The van der Waals surface area contributed by atoms with Crippen LogP contribution in [-0.2, 0) is 6.54 Å². The molecule has 1 aliphatic heterocycles. The van der Waals surface area contributed by atoms with Gasteiger partial charge in [-0.25, -0.2) is 9.97 Å². The zero-order valence-corrected chi connectivity index (χ0v) is 14.8. The van der Waals surface area contributed by atoms with Gasteiger partial charge in [-0.1, -0.05) is 20.3 Å². The molecule has 2 aromatic heterocycles. The molecule has 4 nitrogen and oxygen atoms in total. The smallest absolute Gasteiger partial charge is 0.160 e. The number of hydrogen-bond donors (Lipinski definition) is 1. The van der Waals surface area contributed by atoms with Crippen molar-refractivity contribution in [1.82, 2.24) is 19.9 Å². The molecule has 4 heteroatoms. The van der Waals surface area contributed by atoms with Crippen LogP contribution in [0.15, 0.2) is 12.3 Å². The summed E-state index contributed by atoms with van der Waals surface area (Å²) >= 11 is 0. The molecule has 1 atom stereocenters. The molecule has 126 valence electrons. The highest BCUT2D eigenvalue weighted by molar-refractivity contribution is 5.72. The molecule has 1 aliphatic rings. The van der Waals surface area contributed by atoms with Crippen LogP contribution in [0, 0.1) is 6.92 Å². The van der Waals surface area contributed by atoms with Crippen molar-refractivity contribution in [3.63, 3.8) is 0 Å². The summed E-state index contributed by atoms with van der Waals surface area (Å²) in [6.45, 7) is 8.81. The van der Waals surface area contributed by atoms with E-state index in [0.717, 1.165) is 30.6 Å². The third-order valence-corrected chi connectivity index (χ3v) is 5.22.